The minimum atomic E-state index is -4.37. The minimum absolute atomic E-state index is 0. The topological polar surface area (TPSA) is 90.9 Å². The lowest BCUT2D eigenvalue weighted by molar-refractivity contribution is -0.137. The number of aliphatic imine (C=N–C) groups is 1. The van der Waals surface area contributed by atoms with Crippen molar-refractivity contribution in [1.82, 2.24) is 15.5 Å². The first-order valence-corrected chi connectivity index (χ1v) is 10.9. The summed E-state index contributed by atoms with van der Waals surface area (Å²) in [5.41, 5.74) is -0.0175. The van der Waals surface area contributed by atoms with Crippen molar-refractivity contribution >= 4 is 45.7 Å². The molecule has 1 aliphatic rings. The maximum absolute atomic E-state index is 12.6. The standard InChI is InChI=1S/C18H25F3N4O3S.HI/c1-22-17(23-9-7-16(26)24-15-8-10-29(27,28)12-15)25(2)11-13-3-5-14(6-4-13)18(19,20)21;/h3-6,15H,7-12H2,1-2H3,(H,22,23)(H,24,26);1H. The van der Waals surface area contributed by atoms with E-state index in [2.05, 4.69) is 15.6 Å². The van der Waals surface area contributed by atoms with Crippen LogP contribution in [0.4, 0.5) is 13.2 Å². The van der Waals surface area contributed by atoms with Crippen molar-refractivity contribution < 1.29 is 26.4 Å². The number of alkyl halides is 3. The monoisotopic (exact) mass is 562 g/mol. The molecule has 0 spiro atoms. The van der Waals surface area contributed by atoms with E-state index in [1.807, 2.05) is 0 Å². The summed E-state index contributed by atoms with van der Waals surface area (Å²) in [7, 11) is 0.248. The minimum Gasteiger partial charge on any atom is -0.356 e. The van der Waals surface area contributed by atoms with Crippen molar-refractivity contribution in [3.8, 4) is 0 Å². The van der Waals surface area contributed by atoms with Gasteiger partial charge in [0.2, 0.25) is 5.91 Å². The Hall–Kier alpha value is -1.57. The number of guanidine groups is 1. The molecule has 1 saturated heterocycles. The lowest BCUT2D eigenvalue weighted by atomic mass is 10.1. The molecule has 1 aromatic rings. The van der Waals surface area contributed by atoms with E-state index in [1.165, 1.54) is 12.1 Å². The molecule has 12 heteroatoms. The van der Waals surface area contributed by atoms with Gasteiger partial charge in [0, 0.05) is 39.6 Å². The second-order valence-electron chi connectivity index (χ2n) is 6.94. The van der Waals surface area contributed by atoms with Gasteiger partial charge in [-0.2, -0.15) is 13.2 Å². The van der Waals surface area contributed by atoms with Gasteiger partial charge in [-0.05, 0) is 24.1 Å². The molecule has 170 valence electrons. The maximum atomic E-state index is 12.6. The highest BCUT2D eigenvalue weighted by atomic mass is 127. The van der Waals surface area contributed by atoms with E-state index in [0.29, 0.717) is 24.5 Å². The summed E-state index contributed by atoms with van der Waals surface area (Å²) in [6.45, 7) is 0.624. The zero-order chi connectivity index (χ0) is 21.7. The van der Waals surface area contributed by atoms with Gasteiger partial charge >= 0.3 is 6.18 Å². The molecule has 0 saturated carbocycles. The summed E-state index contributed by atoms with van der Waals surface area (Å²) < 4.78 is 60.7. The fourth-order valence-corrected chi connectivity index (χ4v) is 4.70. The Morgan fingerprint density at radius 3 is 2.40 bits per heavy atom. The molecule has 1 unspecified atom stereocenters. The van der Waals surface area contributed by atoms with Gasteiger partial charge in [0.15, 0.2) is 15.8 Å². The van der Waals surface area contributed by atoms with Crippen LogP contribution in [0.5, 0.6) is 0 Å². The van der Waals surface area contributed by atoms with Crippen molar-refractivity contribution in [2.75, 3.05) is 32.1 Å². The second kappa shape index (κ2) is 11.2. The first-order valence-electron chi connectivity index (χ1n) is 9.08. The lowest BCUT2D eigenvalue weighted by Gasteiger charge is -2.22. The molecule has 2 N–H and O–H groups in total. The molecule has 0 bridgehead atoms. The number of rotatable bonds is 6. The predicted molar refractivity (Wildman–Crippen MR) is 120 cm³/mol. The van der Waals surface area contributed by atoms with Gasteiger partial charge in [0.25, 0.3) is 0 Å². The van der Waals surface area contributed by atoms with Crippen LogP contribution in [0.25, 0.3) is 0 Å². The largest absolute Gasteiger partial charge is 0.416 e. The smallest absolute Gasteiger partial charge is 0.356 e. The summed E-state index contributed by atoms with van der Waals surface area (Å²) in [6.07, 6.45) is -3.80. The normalized spacial score (nSPS) is 18.4. The summed E-state index contributed by atoms with van der Waals surface area (Å²) in [5.74, 6) is 0.308. The molecule has 1 atom stereocenters. The van der Waals surface area contributed by atoms with Crippen LogP contribution in [0.3, 0.4) is 0 Å². The number of amides is 1. The van der Waals surface area contributed by atoms with Crippen molar-refractivity contribution in [2.45, 2.75) is 31.6 Å². The first kappa shape index (κ1) is 26.5. The highest BCUT2D eigenvalue weighted by Crippen LogP contribution is 2.29. The van der Waals surface area contributed by atoms with E-state index in [4.69, 9.17) is 0 Å². The number of benzene rings is 1. The van der Waals surface area contributed by atoms with Crippen LogP contribution in [0, 0.1) is 0 Å². The zero-order valence-corrected chi connectivity index (χ0v) is 19.8. The molecule has 7 nitrogen and oxygen atoms in total. The maximum Gasteiger partial charge on any atom is 0.416 e. The second-order valence-corrected chi connectivity index (χ2v) is 9.17. The number of nitrogens with zero attached hydrogens (tertiary/aromatic N) is 2. The first-order chi connectivity index (χ1) is 13.5. The van der Waals surface area contributed by atoms with Crippen LogP contribution in [-0.2, 0) is 27.4 Å². The van der Waals surface area contributed by atoms with Crippen LogP contribution in [-0.4, -0.2) is 63.4 Å². The van der Waals surface area contributed by atoms with Crippen molar-refractivity contribution in [3.63, 3.8) is 0 Å². The predicted octanol–water partition coefficient (Wildman–Crippen LogP) is 2.02. The van der Waals surface area contributed by atoms with E-state index in [9.17, 15) is 26.4 Å². The number of halogens is 4. The summed E-state index contributed by atoms with van der Waals surface area (Å²) in [5, 5.41) is 5.72. The van der Waals surface area contributed by atoms with E-state index in [0.717, 1.165) is 12.1 Å². The molecule has 1 aromatic carbocycles. The third kappa shape index (κ3) is 8.28. The number of sulfone groups is 1. The van der Waals surface area contributed by atoms with Gasteiger partial charge in [-0.15, -0.1) is 24.0 Å². The van der Waals surface area contributed by atoms with Crippen LogP contribution in [0.2, 0.25) is 0 Å². The molecule has 30 heavy (non-hydrogen) atoms. The average Bonchev–Trinajstić information content (AvgIpc) is 2.96. The number of carbonyl (C=O) groups is 1. The van der Waals surface area contributed by atoms with Crippen LogP contribution in [0.1, 0.15) is 24.0 Å². The van der Waals surface area contributed by atoms with E-state index >= 15 is 0 Å². The Balaban J connectivity index is 0.00000450. The highest BCUT2D eigenvalue weighted by molar-refractivity contribution is 14.0. The van der Waals surface area contributed by atoms with Gasteiger partial charge in [0.05, 0.1) is 17.1 Å². The SMILES string of the molecule is CN=C(NCCC(=O)NC1CCS(=O)(=O)C1)N(C)Cc1ccc(C(F)(F)F)cc1.I. The van der Waals surface area contributed by atoms with Crippen molar-refractivity contribution in [3.05, 3.63) is 35.4 Å². The van der Waals surface area contributed by atoms with E-state index < -0.39 is 21.6 Å². The van der Waals surface area contributed by atoms with Crippen LogP contribution >= 0.6 is 24.0 Å². The third-order valence-corrected chi connectivity index (χ3v) is 6.28. The van der Waals surface area contributed by atoms with Gasteiger partial charge in [-0.25, -0.2) is 8.42 Å². The van der Waals surface area contributed by atoms with Crippen molar-refractivity contribution in [1.29, 1.82) is 0 Å². The number of carbonyl (C=O) groups excluding carboxylic acids is 1. The van der Waals surface area contributed by atoms with Gasteiger partial charge in [-0.3, -0.25) is 9.79 Å². The molecular weight excluding hydrogens is 536 g/mol. The fourth-order valence-electron chi connectivity index (χ4n) is 3.03. The van der Waals surface area contributed by atoms with E-state index in [-0.39, 0.29) is 60.4 Å². The molecule has 2 rings (SSSR count). The Bertz CT molecular complexity index is 845. The quantitative estimate of drug-likeness (QED) is 0.315. The van der Waals surface area contributed by atoms with Crippen LogP contribution < -0.4 is 10.6 Å². The van der Waals surface area contributed by atoms with Gasteiger partial charge < -0.3 is 15.5 Å². The third-order valence-electron chi connectivity index (χ3n) is 4.51. The summed E-state index contributed by atoms with van der Waals surface area (Å²) in [6, 6.07) is 4.56. The Morgan fingerprint density at radius 1 is 1.27 bits per heavy atom. The Kier molecular flexibility index (Phi) is 9.85. The van der Waals surface area contributed by atoms with Crippen LogP contribution in [0.15, 0.2) is 29.3 Å². The van der Waals surface area contributed by atoms with E-state index in [1.54, 1.807) is 19.0 Å². The highest BCUT2D eigenvalue weighted by Gasteiger charge is 2.30. The molecule has 1 fully saturated rings. The zero-order valence-electron chi connectivity index (χ0n) is 16.7. The number of hydrogen-bond donors (Lipinski definition) is 2. The molecule has 0 aromatic heterocycles. The summed E-state index contributed by atoms with van der Waals surface area (Å²) in [4.78, 5) is 17.8. The Labute approximate surface area is 191 Å². The Morgan fingerprint density at radius 2 is 1.90 bits per heavy atom. The molecule has 0 radical (unpaired) electrons. The van der Waals surface area contributed by atoms with Gasteiger partial charge in [-0.1, -0.05) is 12.1 Å². The fraction of sp³-hybridized carbons (Fsp3) is 0.556. The number of hydrogen-bond acceptors (Lipinski definition) is 4. The molecule has 1 heterocycles. The lowest BCUT2D eigenvalue weighted by Crippen LogP contribution is -2.41. The molecule has 1 aliphatic heterocycles. The molecule has 1 amide bonds. The molecular formula is C18H26F3IN4O3S. The molecule has 0 aliphatic carbocycles. The summed E-state index contributed by atoms with van der Waals surface area (Å²) >= 11 is 0. The van der Waals surface area contributed by atoms with Crippen molar-refractivity contribution in [2.24, 2.45) is 4.99 Å². The number of nitrogens with one attached hydrogen (secondary N) is 2. The average molecular weight is 562 g/mol. The van der Waals surface area contributed by atoms with Gasteiger partial charge in [0.1, 0.15) is 0 Å².